The lowest BCUT2D eigenvalue weighted by Gasteiger charge is -2.18. The van der Waals surface area contributed by atoms with E-state index < -0.39 is 15.7 Å². The number of aromatic nitrogens is 3. The van der Waals surface area contributed by atoms with E-state index in [4.69, 9.17) is 9.47 Å². The standard InChI is InChI=1S/C26H27FN4O5S/c1-26(2,3)31-15-17(14-29-31)30-25(32)10-16-6-7-18(11-20(16)27)36-22-8-9-28-21-13-23(35-4)24(12-19(21)22)37(5,33)34/h6-9,11-15H,10H2,1-5H3,(H,30,32). The highest BCUT2D eigenvalue weighted by molar-refractivity contribution is 7.90. The number of anilines is 1. The maximum absolute atomic E-state index is 14.9. The van der Waals surface area contributed by atoms with E-state index in [9.17, 15) is 17.6 Å². The Labute approximate surface area is 214 Å². The van der Waals surface area contributed by atoms with Gasteiger partial charge in [-0.15, -0.1) is 0 Å². The zero-order valence-electron chi connectivity index (χ0n) is 21.1. The molecule has 2 heterocycles. The van der Waals surface area contributed by atoms with E-state index in [1.807, 2.05) is 20.8 Å². The summed E-state index contributed by atoms with van der Waals surface area (Å²) in [6.45, 7) is 5.96. The van der Waals surface area contributed by atoms with Gasteiger partial charge in [0, 0.05) is 36.2 Å². The van der Waals surface area contributed by atoms with Crippen molar-refractivity contribution < 1.29 is 27.1 Å². The van der Waals surface area contributed by atoms with Gasteiger partial charge in [-0.2, -0.15) is 5.10 Å². The summed E-state index contributed by atoms with van der Waals surface area (Å²) in [5, 5.41) is 7.38. The Balaban J connectivity index is 1.54. The molecule has 1 N–H and O–H groups in total. The van der Waals surface area contributed by atoms with Crippen LogP contribution in [0.5, 0.6) is 17.2 Å². The van der Waals surface area contributed by atoms with E-state index in [1.165, 1.54) is 43.6 Å². The predicted octanol–water partition coefficient (Wildman–Crippen LogP) is 4.71. The summed E-state index contributed by atoms with van der Waals surface area (Å²) >= 11 is 0. The molecule has 37 heavy (non-hydrogen) atoms. The number of carbonyl (C=O) groups excluding carboxylic acids is 1. The lowest BCUT2D eigenvalue weighted by molar-refractivity contribution is -0.115. The van der Waals surface area contributed by atoms with Crippen molar-refractivity contribution in [3.63, 3.8) is 0 Å². The summed E-state index contributed by atoms with van der Waals surface area (Å²) in [7, 11) is -2.22. The molecule has 9 nitrogen and oxygen atoms in total. The van der Waals surface area contributed by atoms with Gasteiger partial charge in [-0.3, -0.25) is 14.5 Å². The van der Waals surface area contributed by atoms with Crippen LogP contribution in [0.3, 0.4) is 0 Å². The van der Waals surface area contributed by atoms with Gasteiger partial charge in [-0.05, 0) is 44.5 Å². The van der Waals surface area contributed by atoms with Gasteiger partial charge in [0.05, 0.1) is 36.5 Å². The molecule has 4 rings (SSSR count). The first-order chi connectivity index (χ1) is 17.3. The number of carbonyl (C=O) groups is 1. The van der Waals surface area contributed by atoms with Crippen LogP contribution in [-0.2, 0) is 26.6 Å². The van der Waals surface area contributed by atoms with E-state index in [1.54, 1.807) is 23.1 Å². The highest BCUT2D eigenvalue weighted by Gasteiger charge is 2.19. The van der Waals surface area contributed by atoms with Crippen molar-refractivity contribution in [3.05, 3.63) is 66.4 Å². The van der Waals surface area contributed by atoms with Crippen molar-refractivity contribution in [2.24, 2.45) is 0 Å². The summed E-state index contributed by atoms with van der Waals surface area (Å²) in [5.41, 5.74) is 0.931. The molecule has 0 saturated heterocycles. The highest BCUT2D eigenvalue weighted by atomic mass is 32.2. The molecule has 0 aliphatic heterocycles. The fraction of sp³-hybridized carbons (Fsp3) is 0.269. The van der Waals surface area contributed by atoms with Crippen LogP contribution in [0.1, 0.15) is 26.3 Å². The number of amides is 1. The maximum atomic E-state index is 14.9. The third-order valence-corrected chi connectivity index (χ3v) is 6.66. The van der Waals surface area contributed by atoms with Crippen molar-refractivity contribution in [1.29, 1.82) is 0 Å². The second kappa shape index (κ2) is 9.81. The lowest BCUT2D eigenvalue weighted by atomic mass is 10.1. The molecule has 2 aromatic carbocycles. The molecular weight excluding hydrogens is 499 g/mol. The smallest absolute Gasteiger partial charge is 0.228 e. The van der Waals surface area contributed by atoms with Crippen LogP contribution >= 0.6 is 0 Å². The summed E-state index contributed by atoms with van der Waals surface area (Å²) in [4.78, 5) is 16.7. The van der Waals surface area contributed by atoms with Gasteiger partial charge in [0.25, 0.3) is 0 Å². The largest absolute Gasteiger partial charge is 0.495 e. The number of methoxy groups -OCH3 is 1. The van der Waals surface area contributed by atoms with Crippen LogP contribution in [0.4, 0.5) is 10.1 Å². The molecule has 0 unspecified atom stereocenters. The van der Waals surface area contributed by atoms with Gasteiger partial charge in [0.15, 0.2) is 9.84 Å². The molecule has 0 aliphatic rings. The molecule has 0 atom stereocenters. The zero-order valence-corrected chi connectivity index (χ0v) is 21.9. The SMILES string of the molecule is COc1cc2nccc(Oc3ccc(CC(=O)Nc4cnn(C(C)(C)C)c4)c(F)c3)c2cc1S(C)(=O)=O. The zero-order chi connectivity index (χ0) is 27.0. The van der Waals surface area contributed by atoms with E-state index >= 15 is 0 Å². The minimum absolute atomic E-state index is 0.0130. The number of fused-ring (bicyclic) bond motifs is 1. The number of halogens is 1. The quantitative estimate of drug-likeness (QED) is 0.371. The van der Waals surface area contributed by atoms with Crippen molar-refractivity contribution in [1.82, 2.24) is 14.8 Å². The first kappa shape index (κ1) is 26.1. The maximum Gasteiger partial charge on any atom is 0.228 e. The van der Waals surface area contributed by atoms with E-state index in [0.29, 0.717) is 22.3 Å². The molecule has 0 radical (unpaired) electrons. The number of pyridine rings is 1. The molecule has 11 heteroatoms. The molecule has 0 fully saturated rings. The second-order valence-corrected chi connectivity index (χ2v) is 11.5. The first-order valence-electron chi connectivity index (χ1n) is 11.3. The molecule has 0 bridgehead atoms. The molecule has 4 aromatic rings. The van der Waals surface area contributed by atoms with Gasteiger partial charge >= 0.3 is 0 Å². The number of rotatable bonds is 7. The summed E-state index contributed by atoms with van der Waals surface area (Å²) in [6, 6.07) is 8.66. The first-order valence-corrected chi connectivity index (χ1v) is 13.2. The molecule has 0 saturated carbocycles. The number of nitrogens with zero attached hydrogens (tertiary/aromatic N) is 3. The van der Waals surface area contributed by atoms with E-state index in [2.05, 4.69) is 15.4 Å². The number of ether oxygens (including phenoxy) is 2. The Kier molecular flexibility index (Phi) is 6.92. The minimum Gasteiger partial charge on any atom is -0.495 e. The van der Waals surface area contributed by atoms with Crippen LogP contribution in [0.25, 0.3) is 10.9 Å². The van der Waals surface area contributed by atoms with Gasteiger partial charge in [0.1, 0.15) is 28.0 Å². The topological polar surface area (TPSA) is 112 Å². The monoisotopic (exact) mass is 526 g/mol. The fourth-order valence-corrected chi connectivity index (χ4v) is 4.50. The van der Waals surface area contributed by atoms with E-state index in [-0.39, 0.29) is 39.8 Å². The Morgan fingerprint density at radius 2 is 1.89 bits per heavy atom. The number of benzene rings is 2. The predicted molar refractivity (Wildman–Crippen MR) is 137 cm³/mol. The summed E-state index contributed by atoms with van der Waals surface area (Å²) < 4.78 is 52.1. The van der Waals surface area contributed by atoms with Crippen molar-refractivity contribution in [2.45, 2.75) is 37.6 Å². The molecule has 0 spiro atoms. The third-order valence-electron chi connectivity index (χ3n) is 5.54. The van der Waals surface area contributed by atoms with Crippen LogP contribution < -0.4 is 14.8 Å². The number of nitrogens with one attached hydrogen (secondary N) is 1. The van der Waals surface area contributed by atoms with Gasteiger partial charge in [0.2, 0.25) is 5.91 Å². The van der Waals surface area contributed by atoms with Gasteiger partial charge in [-0.1, -0.05) is 6.07 Å². The third kappa shape index (κ3) is 5.88. The summed E-state index contributed by atoms with van der Waals surface area (Å²) in [6.07, 6.45) is 5.65. The van der Waals surface area contributed by atoms with Gasteiger partial charge < -0.3 is 14.8 Å². The highest BCUT2D eigenvalue weighted by Crippen LogP contribution is 2.35. The Bertz CT molecular complexity index is 1590. The average Bonchev–Trinajstić information content (AvgIpc) is 3.28. The number of sulfone groups is 1. The van der Waals surface area contributed by atoms with Crippen LogP contribution in [0.2, 0.25) is 0 Å². The average molecular weight is 527 g/mol. The van der Waals surface area contributed by atoms with Crippen LogP contribution in [-0.4, -0.2) is 42.5 Å². The molecular formula is C26H27FN4O5S. The summed E-state index contributed by atoms with van der Waals surface area (Å²) in [5.74, 6) is -0.368. The van der Waals surface area contributed by atoms with Crippen LogP contribution in [0, 0.1) is 5.82 Å². The van der Waals surface area contributed by atoms with Gasteiger partial charge in [-0.25, -0.2) is 12.8 Å². The fourth-order valence-electron chi connectivity index (χ4n) is 3.66. The van der Waals surface area contributed by atoms with Crippen molar-refractivity contribution in [2.75, 3.05) is 18.7 Å². The van der Waals surface area contributed by atoms with Crippen molar-refractivity contribution in [3.8, 4) is 17.2 Å². The number of hydrogen-bond donors (Lipinski definition) is 1. The Hall–Kier alpha value is -3.99. The Morgan fingerprint density at radius 1 is 1.14 bits per heavy atom. The molecule has 194 valence electrons. The molecule has 2 aromatic heterocycles. The second-order valence-electron chi connectivity index (χ2n) is 9.53. The number of hydrogen-bond acceptors (Lipinski definition) is 7. The molecule has 1 amide bonds. The van der Waals surface area contributed by atoms with E-state index in [0.717, 1.165) is 6.26 Å². The normalized spacial score (nSPS) is 11.9. The van der Waals surface area contributed by atoms with Crippen molar-refractivity contribution >= 4 is 32.3 Å². The minimum atomic E-state index is -3.59. The Morgan fingerprint density at radius 3 is 2.51 bits per heavy atom. The molecule has 0 aliphatic carbocycles. The van der Waals surface area contributed by atoms with Crippen LogP contribution in [0.15, 0.2) is 59.9 Å². The lowest BCUT2D eigenvalue weighted by Crippen LogP contribution is -2.22.